The molecule has 3 aromatic rings. The molecule has 1 amide bonds. The number of carbonyl (C=O) groups is 1. The maximum atomic E-state index is 12.9. The van der Waals surface area contributed by atoms with Crippen LogP contribution in [0.5, 0.6) is 5.75 Å². The van der Waals surface area contributed by atoms with Gasteiger partial charge in [0, 0.05) is 24.1 Å². The van der Waals surface area contributed by atoms with Crippen molar-refractivity contribution in [3.8, 4) is 17.1 Å². The van der Waals surface area contributed by atoms with E-state index in [1.165, 1.54) is 5.56 Å². The monoisotopic (exact) mass is 389 g/mol. The Balaban J connectivity index is 1.57. The number of carbonyl (C=O) groups excluding carboxylic acids is 1. The van der Waals surface area contributed by atoms with E-state index in [9.17, 15) is 9.59 Å². The molecule has 0 aliphatic carbocycles. The van der Waals surface area contributed by atoms with Gasteiger partial charge in [-0.2, -0.15) is 0 Å². The second-order valence-corrected chi connectivity index (χ2v) is 7.10. The molecule has 1 aromatic heterocycles. The number of benzene rings is 2. The first-order chi connectivity index (χ1) is 14.1. The summed E-state index contributed by atoms with van der Waals surface area (Å²) < 4.78 is 5.17. The highest BCUT2D eigenvalue weighted by Gasteiger charge is 2.25. The van der Waals surface area contributed by atoms with E-state index in [0.29, 0.717) is 29.9 Å². The lowest BCUT2D eigenvalue weighted by atomic mass is 10.0. The SMILES string of the molecule is CCc1ccc(C(=O)N2CCc3nc(-c4ccc(OC)cc4)[nH]c(=O)c3C2)cc1. The number of H-pyrrole nitrogens is 1. The lowest BCUT2D eigenvalue weighted by Gasteiger charge is -2.28. The Labute approximate surface area is 169 Å². The summed E-state index contributed by atoms with van der Waals surface area (Å²) in [6.07, 6.45) is 1.49. The predicted molar refractivity (Wildman–Crippen MR) is 111 cm³/mol. The van der Waals surface area contributed by atoms with E-state index in [-0.39, 0.29) is 18.0 Å². The van der Waals surface area contributed by atoms with Crippen molar-refractivity contribution in [2.45, 2.75) is 26.3 Å². The predicted octanol–water partition coefficient (Wildman–Crippen LogP) is 3.21. The van der Waals surface area contributed by atoms with Crippen LogP contribution in [0.4, 0.5) is 0 Å². The topological polar surface area (TPSA) is 75.3 Å². The number of nitrogens with zero attached hydrogens (tertiary/aromatic N) is 2. The van der Waals surface area contributed by atoms with E-state index in [1.54, 1.807) is 12.0 Å². The van der Waals surface area contributed by atoms with Crippen molar-refractivity contribution in [1.29, 1.82) is 0 Å². The minimum Gasteiger partial charge on any atom is -0.497 e. The first kappa shape index (κ1) is 18.9. The minimum atomic E-state index is -0.195. The van der Waals surface area contributed by atoms with E-state index in [0.717, 1.165) is 23.4 Å². The molecule has 0 saturated heterocycles. The fourth-order valence-corrected chi connectivity index (χ4v) is 3.55. The van der Waals surface area contributed by atoms with Crippen LogP contribution < -0.4 is 10.3 Å². The van der Waals surface area contributed by atoms with Gasteiger partial charge in [-0.1, -0.05) is 19.1 Å². The number of nitrogens with one attached hydrogen (secondary N) is 1. The van der Waals surface area contributed by atoms with E-state index in [1.807, 2.05) is 48.5 Å². The number of ether oxygens (including phenoxy) is 1. The molecular weight excluding hydrogens is 366 g/mol. The maximum Gasteiger partial charge on any atom is 0.256 e. The number of amides is 1. The Kier molecular flexibility index (Phi) is 5.16. The van der Waals surface area contributed by atoms with Gasteiger partial charge in [0.1, 0.15) is 11.6 Å². The number of fused-ring (bicyclic) bond motifs is 1. The van der Waals surface area contributed by atoms with Crippen LogP contribution in [0.1, 0.15) is 34.1 Å². The molecule has 148 valence electrons. The summed E-state index contributed by atoms with van der Waals surface area (Å²) in [6.45, 7) is 2.90. The van der Waals surface area contributed by atoms with Crippen LogP contribution in [0.15, 0.2) is 53.3 Å². The summed E-state index contributed by atoms with van der Waals surface area (Å²) in [4.78, 5) is 34.8. The molecule has 0 bridgehead atoms. The van der Waals surface area contributed by atoms with Crippen LogP contribution >= 0.6 is 0 Å². The molecule has 2 aromatic carbocycles. The molecule has 2 heterocycles. The Hall–Kier alpha value is -3.41. The Bertz CT molecular complexity index is 1090. The summed E-state index contributed by atoms with van der Waals surface area (Å²) in [5.41, 5.74) is 3.78. The zero-order valence-electron chi connectivity index (χ0n) is 16.6. The molecule has 6 heteroatoms. The quantitative estimate of drug-likeness (QED) is 0.744. The molecule has 1 aliphatic rings. The van der Waals surface area contributed by atoms with Gasteiger partial charge in [0.2, 0.25) is 0 Å². The van der Waals surface area contributed by atoms with Gasteiger partial charge in [-0.05, 0) is 48.4 Å². The zero-order chi connectivity index (χ0) is 20.4. The normalized spacial score (nSPS) is 13.1. The lowest BCUT2D eigenvalue weighted by Crippen LogP contribution is -2.39. The lowest BCUT2D eigenvalue weighted by molar-refractivity contribution is 0.0732. The highest BCUT2D eigenvalue weighted by atomic mass is 16.5. The number of hydrogen-bond donors (Lipinski definition) is 1. The second kappa shape index (κ2) is 7.91. The molecular formula is C23H23N3O3. The van der Waals surface area contributed by atoms with Gasteiger partial charge >= 0.3 is 0 Å². The van der Waals surface area contributed by atoms with E-state index >= 15 is 0 Å². The fourth-order valence-electron chi connectivity index (χ4n) is 3.55. The summed E-state index contributed by atoms with van der Waals surface area (Å²) in [5, 5.41) is 0. The first-order valence-electron chi connectivity index (χ1n) is 9.73. The molecule has 1 aliphatic heterocycles. The highest BCUT2D eigenvalue weighted by molar-refractivity contribution is 5.94. The molecule has 4 rings (SSSR count). The molecule has 29 heavy (non-hydrogen) atoms. The molecule has 1 N–H and O–H groups in total. The van der Waals surface area contributed by atoms with Crippen LogP contribution in [0.25, 0.3) is 11.4 Å². The van der Waals surface area contributed by atoms with E-state index < -0.39 is 0 Å². The molecule has 0 spiro atoms. The molecule has 0 saturated carbocycles. The first-order valence-corrected chi connectivity index (χ1v) is 9.73. The number of methoxy groups -OCH3 is 1. The smallest absolute Gasteiger partial charge is 0.256 e. The summed E-state index contributed by atoms with van der Waals surface area (Å²) in [7, 11) is 1.61. The largest absolute Gasteiger partial charge is 0.497 e. The van der Waals surface area contributed by atoms with Gasteiger partial charge in [0.05, 0.1) is 24.9 Å². The molecule has 0 fully saturated rings. The molecule has 0 atom stereocenters. The van der Waals surface area contributed by atoms with Crippen LogP contribution in [0.3, 0.4) is 0 Å². The van der Waals surface area contributed by atoms with Crippen molar-refractivity contribution in [3.05, 3.63) is 81.3 Å². The van der Waals surface area contributed by atoms with Crippen molar-refractivity contribution in [2.24, 2.45) is 0 Å². The van der Waals surface area contributed by atoms with Gasteiger partial charge in [0.15, 0.2) is 0 Å². The zero-order valence-corrected chi connectivity index (χ0v) is 16.6. The molecule has 6 nitrogen and oxygen atoms in total. The van der Waals surface area contributed by atoms with Crippen LogP contribution in [-0.2, 0) is 19.4 Å². The Morgan fingerprint density at radius 1 is 1.14 bits per heavy atom. The van der Waals surface area contributed by atoms with Crippen LogP contribution in [-0.4, -0.2) is 34.4 Å². The summed E-state index contributed by atoms with van der Waals surface area (Å²) in [5.74, 6) is 1.22. The number of hydrogen-bond acceptors (Lipinski definition) is 4. The fraction of sp³-hybridized carbons (Fsp3) is 0.261. The molecule has 0 radical (unpaired) electrons. The summed E-state index contributed by atoms with van der Waals surface area (Å²) in [6, 6.07) is 15.0. The number of aromatic amines is 1. The third-order valence-electron chi connectivity index (χ3n) is 5.33. The number of aryl methyl sites for hydroxylation is 1. The molecule has 0 unspecified atom stereocenters. The average molecular weight is 389 g/mol. The minimum absolute atomic E-state index is 0.0584. The Morgan fingerprint density at radius 2 is 1.86 bits per heavy atom. The van der Waals surface area contributed by atoms with Crippen LogP contribution in [0.2, 0.25) is 0 Å². The summed E-state index contributed by atoms with van der Waals surface area (Å²) >= 11 is 0. The van der Waals surface area contributed by atoms with Gasteiger partial charge in [-0.3, -0.25) is 9.59 Å². The third-order valence-corrected chi connectivity index (χ3v) is 5.33. The van der Waals surface area contributed by atoms with Crippen molar-refractivity contribution >= 4 is 5.91 Å². The van der Waals surface area contributed by atoms with Gasteiger partial charge < -0.3 is 14.6 Å². The third kappa shape index (κ3) is 3.78. The van der Waals surface area contributed by atoms with Crippen molar-refractivity contribution in [2.75, 3.05) is 13.7 Å². The van der Waals surface area contributed by atoms with Crippen molar-refractivity contribution in [3.63, 3.8) is 0 Å². The second-order valence-electron chi connectivity index (χ2n) is 7.10. The number of aromatic nitrogens is 2. The van der Waals surface area contributed by atoms with Crippen LogP contribution in [0, 0.1) is 0 Å². The Morgan fingerprint density at radius 3 is 2.52 bits per heavy atom. The van der Waals surface area contributed by atoms with Crippen molar-refractivity contribution < 1.29 is 9.53 Å². The van der Waals surface area contributed by atoms with E-state index in [4.69, 9.17) is 4.74 Å². The van der Waals surface area contributed by atoms with E-state index in [2.05, 4.69) is 16.9 Å². The maximum absolute atomic E-state index is 12.9. The highest BCUT2D eigenvalue weighted by Crippen LogP contribution is 2.22. The standard InChI is InChI=1S/C23H23N3O3/c1-3-15-4-6-17(7-5-15)23(28)26-13-12-20-19(14-26)22(27)25-21(24-20)16-8-10-18(29-2)11-9-16/h4-11H,3,12-14H2,1-2H3,(H,24,25,27). The van der Waals surface area contributed by atoms with Gasteiger partial charge in [0.25, 0.3) is 11.5 Å². The average Bonchev–Trinajstić information content (AvgIpc) is 2.78. The van der Waals surface area contributed by atoms with Gasteiger partial charge in [-0.25, -0.2) is 4.98 Å². The van der Waals surface area contributed by atoms with Crippen molar-refractivity contribution in [1.82, 2.24) is 14.9 Å². The number of rotatable bonds is 4. The van der Waals surface area contributed by atoms with Gasteiger partial charge in [-0.15, -0.1) is 0 Å².